The topological polar surface area (TPSA) is 75.4 Å². The van der Waals surface area contributed by atoms with Crippen molar-refractivity contribution in [1.82, 2.24) is 10.2 Å². The maximum atomic E-state index is 11.9. The van der Waals surface area contributed by atoms with Gasteiger partial charge in [0.15, 0.2) is 0 Å². The lowest BCUT2D eigenvalue weighted by molar-refractivity contribution is -0.143. The second kappa shape index (κ2) is 5.11. The highest BCUT2D eigenvalue weighted by Gasteiger charge is 2.32. The molecule has 1 rings (SSSR count). The summed E-state index contributed by atoms with van der Waals surface area (Å²) in [4.78, 5) is 24.7. The third kappa shape index (κ3) is 2.68. The summed E-state index contributed by atoms with van der Waals surface area (Å²) in [6.45, 7) is 5.60. The first kappa shape index (κ1) is 12.0. The van der Waals surface area contributed by atoms with Gasteiger partial charge in [0, 0.05) is 25.6 Å². The second-order valence-electron chi connectivity index (χ2n) is 3.96. The molecular formula is C10H19N3O2. The molecule has 1 fully saturated rings. The Morgan fingerprint density at radius 2 is 2.27 bits per heavy atom. The molecule has 2 unspecified atom stereocenters. The Morgan fingerprint density at radius 3 is 2.80 bits per heavy atom. The Hall–Kier alpha value is -1.10. The molecule has 1 aliphatic rings. The Bertz CT molecular complexity index is 255. The van der Waals surface area contributed by atoms with Gasteiger partial charge < -0.3 is 16.0 Å². The minimum Gasteiger partial charge on any atom is -0.368 e. The van der Waals surface area contributed by atoms with E-state index < -0.39 is 11.9 Å². The number of nitrogens with two attached hydrogens (primary N) is 1. The van der Waals surface area contributed by atoms with Crippen LogP contribution in [0.2, 0.25) is 0 Å². The van der Waals surface area contributed by atoms with E-state index in [1.807, 2.05) is 13.8 Å². The van der Waals surface area contributed by atoms with Crippen LogP contribution in [0.5, 0.6) is 0 Å². The normalized spacial score (nSPS) is 23.6. The fraction of sp³-hybridized carbons (Fsp3) is 0.800. The number of rotatable bonds is 3. The van der Waals surface area contributed by atoms with Crippen LogP contribution in [0.3, 0.4) is 0 Å². The number of carbonyl (C=O) groups excluding carboxylic acids is 2. The summed E-state index contributed by atoms with van der Waals surface area (Å²) in [6.07, 6.45) is 0.786. The minimum absolute atomic E-state index is 0.0304. The zero-order valence-electron chi connectivity index (χ0n) is 9.32. The molecule has 0 bridgehead atoms. The van der Waals surface area contributed by atoms with Gasteiger partial charge in [-0.15, -0.1) is 0 Å². The molecule has 0 radical (unpaired) electrons. The molecule has 5 nitrogen and oxygen atoms in total. The summed E-state index contributed by atoms with van der Waals surface area (Å²) >= 11 is 0. The molecule has 2 atom stereocenters. The number of primary amides is 1. The van der Waals surface area contributed by atoms with Crippen molar-refractivity contribution < 1.29 is 9.59 Å². The van der Waals surface area contributed by atoms with Crippen LogP contribution < -0.4 is 11.1 Å². The van der Waals surface area contributed by atoms with E-state index in [1.54, 1.807) is 4.90 Å². The number of nitrogens with zero attached hydrogens (tertiary/aromatic N) is 1. The molecule has 0 aliphatic carbocycles. The fourth-order valence-corrected chi connectivity index (χ4v) is 1.68. The van der Waals surface area contributed by atoms with E-state index in [1.165, 1.54) is 0 Å². The van der Waals surface area contributed by atoms with Crippen LogP contribution in [0, 0.1) is 5.92 Å². The van der Waals surface area contributed by atoms with Gasteiger partial charge in [0.1, 0.15) is 6.04 Å². The van der Waals surface area contributed by atoms with E-state index in [9.17, 15) is 9.59 Å². The summed E-state index contributed by atoms with van der Waals surface area (Å²) < 4.78 is 0. The molecule has 1 heterocycles. The predicted octanol–water partition coefficient (Wildman–Crippen LogP) is -0.682. The van der Waals surface area contributed by atoms with Crippen LogP contribution in [-0.2, 0) is 9.59 Å². The third-order valence-electron chi connectivity index (χ3n) is 2.89. The molecule has 0 spiro atoms. The van der Waals surface area contributed by atoms with E-state index in [0.29, 0.717) is 13.1 Å². The van der Waals surface area contributed by atoms with Gasteiger partial charge in [-0.05, 0) is 6.42 Å². The number of hydrogen-bond donors (Lipinski definition) is 2. The lowest BCUT2D eigenvalue weighted by Crippen LogP contribution is -2.59. The molecule has 2 amide bonds. The second-order valence-corrected chi connectivity index (χ2v) is 3.96. The summed E-state index contributed by atoms with van der Waals surface area (Å²) in [5.74, 6) is -0.438. The van der Waals surface area contributed by atoms with Crippen LogP contribution in [0.15, 0.2) is 0 Å². The highest BCUT2D eigenvalue weighted by Crippen LogP contribution is 2.11. The highest BCUT2D eigenvalue weighted by molar-refractivity contribution is 5.87. The van der Waals surface area contributed by atoms with E-state index in [2.05, 4.69) is 5.32 Å². The number of nitrogens with one attached hydrogen (secondary N) is 1. The van der Waals surface area contributed by atoms with Gasteiger partial charge >= 0.3 is 0 Å². The Kier molecular flexibility index (Phi) is 4.08. The molecule has 1 saturated heterocycles. The fourth-order valence-electron chi connectivity index (χ4n) is 1.68. The monoisotopic (exact) mass is 213 g/mol. The van der Waals surface area contributed by atoms with Crippen molar-refractivity contribution in [2.24, 2.45) is 11.7 Å². The van der Waals surface area contributed by atoms with Gasteiger partial charge in [-0.25, -0.2) is 0 Å². The summed E-state index contributed by atoms with van der Waals surface area (Å²) in [6, 6.07) is -0.486. The highest BCUT2D eigenvalue weighted by atomic mass is 16.2. The van der Waals surface area contributed by atoms with Crippen molar-refractivity contribution in [3.8, 4) is 0 Å². The quantitative estimate of drug-likeness (QED) is 0.652. The van der Waals surface area contributed by atoms with Crippen LogP contribution in [0.25, 0.3) is 0 Å². The van der Waals surface area contributed by atoms with Gasteiger partial charge in [-0.1, -0.05) is 13.8 Å². The lowest BCUT2D eigenvalue weighted by atomic mass is 10.0. The first-order chi connectivity index (χ1) is 7.07. The number of carbonyl (C=O) groups is 2. The Labute approximate surface area is 90.0 Å². The van der Waals surface area contributed by atoms with Crippen LogP contribution in [-0.4, -0.2) is 42.4 Å². The van der Waals surface area contributed by atoms with Gasteiger partial charge in [0.05, 0.1) is 0 Å². The van der Waals surface area contributed by atoms with Crippen molar-refractivity contribution in [1.29, 1.82) is 0 Å². The largest absolute Gasteiger partial charge is 0.368 e. The van der Waals surface area contributed by atoms with Crippen LogP contribution in [0.4, 0.5) is 0 Å². The van der Waals surface area contributed by atoms with E-state index in [-0.39, 0.29) is 11.8 Å². The molecular weight excluding hydrogens is 194 g/mol. The molecule has 0 aromatic heterocycles. The Balaban J connectivity index is 2.71. The summed E-state index contributed by atoms with van der Waals surface area (Å²) in [5, 5.41) is 3.06. The smallest absolute Gasteiger partial charge is 0.241 e. The van der Waals surface area contributed by atoms with E-state index in [0.717, 1.165) is 13.0 Å². The Morgan fingerprint density at radius 1 is 1.60 bits per heavy atom. The van der Waals surface area contributed by atoms with Crippen LogP contribution in [0.1, 0.15) is 20.3 Å². The number of hydrogen-bond acceptors (Lipinski definition) is 3. The van der Waals surface area contributed by atoms with E-state index >= 15 is 0 Å². The number of amides is 2. The molecule has 1 aliphatic heterocycles. The van der Waals surface area contributed by atoms with Gasteiger partial charge in [0.25, 0.3) is 0 Å². The maximum Gasteiger partial charge on any atom is 0.241 e. The molecule has 0 aromatic rings. The average Bonchev–Trinajstić information content (AvgIpc) is 2.27. The molecule has 3 N–H and O–H groups in total. The molecule has 5 heteroatoms. The molecule has 0 aromatic carbocycles. The maximum absolute atomic E-state index is 11.9. The molecule has 86 valence electrons. The zero-order valence-corrected chi connectivity index (χ0v) is 9.32. The SMILES string of the molecule is CCC(C)C(=O)N1CCNCC1C(N)=O. The third-order valence-corrected chi connectivity index (χ3v) is 2.89. The van der Waals surface area contributed by atoms with Gasteiger partial charge in [-0.2, -0.15) is 0 Å². The molecule has 15 heavy (non-hydrogen) atoms. The van der Waals surface area contributed by atoms with Crippen LogP contribution >= 0.6 is 0 Å². The molecule has 0 saturated carbocycles. The van der Waals surface area contributed by atoms with Crippen molar-refractivity contribution in [2.75, 3.05) is 19.6 Å². The average molecular weight is 213 g/mol. The minimum atomic E-state index is -0.486. The first-order valence-electron chi connectivity index (χ1n) is 5.38. The first-order valence-corrected chi connectivity index (χ1v) is 5.38. The van der Waals surface area contributed by atoms with E-state index in [4.69, 9.17) is 5.73 Å². The standard InChI is InChI=1S/C10H19N3O2/c1-3-7(2)10(15)13-5-4-12-6-8(13)9(11)14/h7-8,12H,3-6H2,1-2H3,(H2,11,14). The van der Waals surface area contributed by atoms with Crippen molar-refractivity contribution in [2.45, 2.75) is 26.3 Å². The van der Waals surface area contributed by atoms with Crippen molar-refractivity contribution in [3.63, 3.8) is 0 Å². The van der Waals surface area contributed by atoms with Crippen molar-refractivity contribution in [3.05, 3.63) is 0 Å². The van der Waals surface area contributed by atoms with Gasteiger partial charge in [-0.3, -0.25) is 9.59 Å². The number of piperazine rings is 1. The summed E-state index contributed by atoms with van der Waals surface area (Å²) in [5.41, 5.74) is 5.26. The lowest BCUT2D eigenvalue weighted by Gasteiger charge is -2.35. The van der Waals surface area contributed by atoms with Crippen molar-refractivity contribution >= 4 is 11.8 Å². The zero-order chi connectivity index (χ0) is 11.4. The summed E-state index contributed by atoms with van der Waals surface area (Å²) in [7, 11) is 0. The predicted molar refractivity (Wildman–Crippen MR) is 57.0 cm³/mol. The van der Waals surface area contributed by atoms with Gasteiger partial charge in [0.2, 0.25) is 11.8 Å².